The van der Waals surface area contributed by atoms with Gasteiger partial charge in [-0.3, -0.25) is 4.18 Å². The summed E-state index contributed by atoms with van der Waals surface area (Å²) in [6.45, 7) is 5.96. The fourth-order valence-electron chi connectivity index (χ4n) is 2.80. The smallest absolute Gasteiger partial charge is 0.257 e. The van der Waals surface area contributed by atoms with Crippen LogP contribution in [0.25, 0.3) is 0 Å². The van der Waals surface area contributed by atoms with Crippen LogP contribution in [0.2, 0.25) is 0 Å². The van der Waals surface area contributed by atoms with Gasteiger partial charge in [0.2, 0.25) is 0 Å². The Hall–Kier alpha value is -0.130. The topological polar surface area (TPSA) is 52.6 Å². The molecule has 0 radical (unpaired) electrons. The van der Waals surface area contributed by atoms with Gasteiger partial charge in [-0.2, -0.15) is 0 Å². The van der Waals surface area contributed by atoms with E-state index < -0.39 is 16.6 Å². The number of ether oxygens (including phenoxy) is 1. The molecule has 0 amide bonds. The molecule has 0 N–H and O–H groups in total. The molecule has 2 aliphatic heterocycles. The maximum atomic E-state index is 10.6. The Labute approximate surface area is 85.7 Å². The van der Waals surface area contributed by atoms with E-state index in [0.29, 0.717) is 0 Å². The Balaban J connectivity index is 2.27. The predicted molar refractivity (Wildman–Crippen MR) is 51.5 cm³/mol. The van der Waals surface area contributed by atoms with Crippen LogP contribution in [0.5, 0.6) is 0 Å². The van der Waals surface area contributed by atoms with Gasteiger partial charge in [0.25, 0.3) is 11.0 Å². The minimum Gasteiger partial charge on any atom is -0.366 e. The highest BCUT2D eigenvalue weighted by Crippen LogP contribution is 2.54. The fraction of sp³-hybridized carbons (Fsp3) is 1.00. The Morgan fingerprint density at radius 1 is 1.29 bits per heavy atom. The average Bonchev–Trinajstić information content (AvgIpc) is 2.45. The van der Waals surface area contributed by atoms with Gasteiger partial charge in [0.05, 0.1) is 11.2 Å². The molecule has 0 aromatic rings. The van der Waals surface area contributed by atoms with Crippen molar-refractivity contribution >= 4 is 11.0 Å². The molecule has 2 rings (SSSR count). The highest BCUT2D eigenvalue weighted by molar-refractivity contribution is 7.67. The van der Waals surface area contributed by atoms with E-state index in [2.05, 4.69) is 0 Å². The minimum atomic E-state index is -2.78. The van der Waals surface area contributed by atoms with Crippen molar-refractivity contribution in [1.29, 1.82) is 0 Å². The summed E-state index contributed by atoms with van der Waals surface area (Å²) in [4.78, 5) is 0. The zero-order valence-electron chi connectivity index (χ0n) is 8.65. The van der Waals surface area contributed by atoms with Crippen molar-refractivity contribution in [3.8, 4) is 0 Å². The second-order valence-electron chi connectivity index (χ2n) is 4.77. The fourth-order valence-corrected chi connectivity index (χ4v) is 3.39. The molecular formula is C9H16O4S. The van der Waals surface area contributed by atoms with Gasteiger partial charge in [0, 0.05) is 5.92 Å². The number of hydrogen-bond donors (Lipinski definition) is 1. The van der Waals surface area contributed by atoms with Gasteiger partial charge in [0.1, 0.15) is 6.10 Å². The van der Waals surface area contributed by atoms with E-state index in [4.69, 9.17) is 8.92 Å². The van der Waals surface area contributed by atoms with Crippen molar-refractivity contribution in [2.24, 2.45) is 5.92 Å². The van der Waals surface area contributed by atoms with E-state index in [-0.39, 0.29) is 17.6 Å². The molecule has 82 valence electrons. The molecule has 0 aliphatic carbocycles. The normalized spacial score (nSPS) is 51.7. The van der Waals surface area contributed by atoms with Crippen LogP contribution >= 0.6 is 0 Å². The molecule has 2 bridgehead atoms. The number of hydrogen-bond acceptors (Lipinski definition) is 4. The molecule has 2 heterocycles. The Morgan fingerprint density at radius 3 is 2.29 bits per heavy atom. The van der Waals surface area contributed by atoms with E-state index in [1.165, 1.54) is 0 Å². The zero-order chi connectivity index (χ0) is 10.6. The highest BCUT2D eigenvalue weighted by atomic mass is 32.2. The summed E-state index contributed by atoms with van der Waals surface area (Å²) in [6.07, 6.45) is 1.55. The number of rotatable bonds is 2. The van der Waals surface area contributed by atoms with E-state index in [0.717, 1.165) is 12.8 Å². The van der Waals surface area contributed by atoms with Crippen molar-refractivity contribution < 1.29 is 17.3 Å². The van der Waals surface area contributed by atoms with Gasteiger partial charge in [-0.1, -0.05) is 6.92 Å². The van der Waals surface area contributed by atoms with Gasteiger partial charge in [0.15, 0.2) is 0 Å². The monoisotopic (exact) mass is 220 g/mol. The van der Waals surface area contributed by atoms with Gasteiger partial charge >= 0.3 is 0 Å². The largest absolute Gasteiger partial charge is 0.366 e. The highest BCUT2D eigenvalue weighted by Gasteiger charge is 2.62. The summed E-state index contributed by atoms with van der Waals surface area (Å²) in [5.41, 5.74) is -0.617. The van der Waals surface area contributed by atoms with E-state index in [1.807, 2.05) is 20.8 Å². The molecule has 0 aromatic heterocycles. The zero-order valence-corrected chi connectivity index (χ0v) is 9.54. The van der Waals surface area contributed by atoms with Crippen molar-refractivity contribution in [3.63, 3.8) is 0 Å². The second-order valence-corrected chi connectivity index (χ2v) is 5.42. The third-order valence-electron chi connectivity index (χ3n) is 3.80. The summed E-state index contributed by atoms with van der Waals surface area (Å²) >= 11 is 0. The lowest BCUT2D eigenvalue weighted by molar-refractivity contribution is -0.0509. The lowest BCUT2D eigenvalue weighted by Gasteiger charge is -2.32. The summed E-state index contributed by atoms with van der Waals surface area (Å²) in [5.74, 6) is 0.133. The molecule has 4 unspecified atom stereocenters. The van der Waals surface area contributed by atoms with Crippen LogP contribution in [0.4, 0.5) is 0 Å². The van der Waals surface area contributed by atoms with Crippen LogP contribution in [-0.4, -0.2) is 25.7 Å². The Kier molecular flexibility index (Phi) is 2.18. The summed E-state index contributed by atoms with van der Waals surface area (Å²) in [7, 11) is -2.78. The molecular weight excluding hydrogens is 204 g/mol. The van der Waals surface area contributed by atoms with Crippen LogP contribution in [0.1, 0.15) is 33.6 Å². The Bertz CT molecular complexity index is 319. The van der Waals surface area contributed by atoms with E-state index >= 15 is 0 Å². The van der Waals surface area contributed by atoms with E-state index in [9.17, 15) is 8.42 Å². The molecule has 4 nitrogen and oxygen atoms in total. The summed E-state index contributed by atoms with van der Waals surface area (Å²) < 4.78 is 32.0. The van der Waals surface area contributed by atoms with Gasteiger partial charge in [-0.05, 0) is 26.7 Å². The first kappa shape index (κ1) is 10.4. The maximum absolute atomic E-state index is 10.6. The number of thiol groups is 1. The molecule has 14 heavy (non-hydrogen) atoms. The van der Waals surface area contributed by atoms with Crippen LogP contribution in [0.15, 0.2) is 0 Å². The van der Waals surface area contributed by atoms with Crippen molar-refractivity contribution in [3.05, 3.63) is 0 Å². The van der Waals surface area contributed by atoms with Crippen LogP contribution in [0, 0.1) is 5.92 Å². The lowest BCUT2D eigenvalue weighted by atomic mass is 9.74. The molecule has 0 saturated carbocycles. The molecule has 0 aromatic carbocycles. The molecule has 5 heteroatoms. The number of fused-ring (bicyclic) bond motifs is 2. The van der Waals surface area contributed by atoms with Gasteiger partial charge < -0.3 is 4.74 Å². The molecule has 2 fully saturated rings. The van der Waals surface area contributed by atoms with Crippen LogP contribution in [-0.2, 0) is 19.9 Å². The third kappa shape index (κ3) is 1.30. The standard InChI is InChI=1S/C9H16O4S/c1-6-7(12-14(10)11)9(3)5-4-8(6,2)13-9/h6-7,14H,4-5H2,1-3H3. The minimum absolute atomic E-state index is 0.133. The van der Waals surface area contributed by atoms with E-state index in [1.54, 1.807) is 0 Å². The van der Waals surface area contributed by atoms with Crippen molar-refractivity contribution in [2.45, 2.75) is 50.9 Å². The first-order chi connectivity index (χ1) is 6.37. The molecule has 4 atom stereocenters. The summed E-state index contributed by atoms with van der Waals surface area (Å²) in [5, 5.41) is 0. The maximum Gasteiger partial charge on any atom is 0.257 e. The molecule has 2 aliphatic rings. The Morgan fingerprint density at radius 2 is 1.86 bits per heavy atom. The van der Waals surface area contributed by atoms with Gasteiger partial charge in [-0.15, -0.1) is 0 Å². The van der Waals surface area contributed by atoms with Crippen molar-refractivity contribution in [1.82, 2.24) is 0 Å². The predicted octanol–water partition coefficient (Wildman–Crippen LogP) is 0.876. The third-order valence-corrected chi connectivity index (χ3v) is 4.20. The molecule has 0 spiro atoms. The lowest BCUT2D eigenvalue weighted by Crippen LogP contribution is -2.43. The van der Waals surface area contributed by atoms with Crippen LogP contribution < -0.4 is 0 Å². The van der Waals surface area contributed by atoms with Crippen molar-refractivity contribution in [2.75, 3.05) is 0 Å². The second kappa shape index (κ2) is 2.93. The first-order valence-electron chi connectivity index (χ1n) is 4.89. The molecule has 2 saturated heterocycles. The van der Waals surface area contributed by atoms with Gasteiger partial charge in [-0.25, -0.2) is 8.42 Å². The summed E-state index contributed by atoms with van der Waals surface area (Å²) in [6, 6.07) is 0. The average molecular weight is 220 g/mol. The first-order valence-corrected chi connectivity index (χ1v) is 5.98. The quantitative estimate of drug-likeness (QED) is 0.702. The SMILES string of the molecule is CC1C(O[SH](=O)=O)C2(C)CCC1(C)O2. The van der Waals surface area contributed by atoms with Crippen LogP contribution in [0.3, 0.4) is 0 Å².